The third-order valence-electron chi connectivity index (χ3n) is 4.05. The third kappa shape index (κ3) is 9.13. The summed E-state index contributed by atoms with van der Waals surface area (Å²) < 4.78 is 49.9. The quantitative estimate of drug-likeness (QED) is 0.404. The molecular weight excluding hydrogens is 560 g/mol. The molecule has 1 aliphatic carbocycles. The first-order valence-electron chi connectivity index (χ1n) is 7.92. The van der Waals surface area contributed by atoms with Crippen LogP contribution in [0.4, 0.5) is 0 Å². The molecule has 7 nitrogen and oxygen atoms in total. The number of ether oxygens (including phenoxy) is 2. The van der Waals surface area contributed by atoms with Gasteiger partial charge in [0.15, 0.2) is 0 Å². The second kappa shape index (κ2) is 21.6. The van der Waals surface area contributed by atoms with E-state index in [2.05, 4.69) is 70.5 Å². The Hall–Kier alpha value is -2.12. The van der Waals surface area contributed by atoms with Gasteiger partial charge in [-0.2, -0.15) is 0 Å². The van der Waals surface area contributed by atoms with E-state index in [0.717, 1.165) is 17.1 Å². The third-order valence-corrected chi connectivity index (χ3v) is 5.44. The summed E-state index contributed by atoms with van der Waals surface area (Å²) in [6.07, 6.45) is 3.68. The van der Waals surface area contributed by atoms with Crippen molar-refractivity contribution >= 4 is 10.2 Å². The first kappa shape index (κ1) is 32.5. The number of hydrogen-bond donors (Lipinski definition) is 0. The van der Waals surface area contributed by atoms with Gasteiger partial charge in [-0.1, -0.05) is 0 Å². The average Bonchev–Trinajstić information content (AvgIpc) is 3.23. The zero-order valence-electron chi connectivity index (χ0n) is 16.3. The van der Waals surface area contributed by atoms with Crippen LogP contribution in [0.3, 0.4) is 0 Å². The van der Waals surface area contributed by atoms with Crippen molar-refractivity contribution in [3.63, 3.8) is 0 Å². The van der Waals surface area contributed by atoms with Gasteiger partial charge in [0, 0.05) is 0 Å². The van der Waals surface area contributed by atoms with Crippen LogP contribution in [0.25, 0.3) is 6.08 Å². The normalized spacial score (nSPS) is 17.3. The van der Waals surface area contributed by atoms with Crippen LogP contribution >= 0.6 is 0 Å². The van der Waals surface area contributed by atoms with E-state index in [1.165, 1.54) is 41.6 Å². The van der Waals surface area contributed by atoms with E-state index < -0.39 is 0 Å². The van der Waals surface area contributed by atoms with Crippen LogP contribution in [0.1, 0.15) is 18.9 Å². The molecule has 2 aliphatic rings. The summed E-state index contributed by atoms with van der Waals surface area (Å²) in [4.78, 5) is 0. The Morgan fingerprint density at radius 2 is 1.47 bits per heavy atom. The van der Waals surface area contributed by atoms with Crippen molar-refractivity contribution in [3.05, 3.63) is 85.9 Å². The SMILES string of the molecule is CO[C](=[W])C1=C(/C(C)=C/c2ccccc2)C2CCOC12.[C-]#[O+].[C-]#[O+].[C-]#[O+].[C-]#[O+].[C-]#[O+]. The van der Waals surface area contributed by atoms with Crippen molar-refractivity contribution in [2.24, 2.45) is 5.92 Å². The molecule has 0 radical (unpaired) electrons. The fourth-order valence-electron chi connectivity index (χ4n) is 3.14. The fourth-order valence-corrected chi connectivity index (χ4v) is 3.96. The van der Waals surface area contributed by atoms with Crippen molar-refractivity contribution in [2.75, 3.05) is 13.7 Å². The molecule has 0 bridgehead atoms. The van der Waals surface area contributed by atoms with E-state index in [-0.39, 0.29) is 6.10 Å². The summed E-state index contributed by atoms with van der Waals surface area (Å²) in [6, 6.07) is 10.5. The summed E-state index contributed by atoms with van der Waals surface area (Å²) in [6.45, 7) is 25.6. The van der Waals surface area contributed by atoms with Crippen molar-refractivity contribution in [3.8, 4) is 0 Å². The Labute approximate surface area is 187 Å². The maximum absolute atomic E-state index is 7.50. The van der Waals surface area contributed by atoms with Crippen molar-refractivity contribution in [2.45, 2.75) is 19.4 Å². The molecule has 2 unspecified atom stereocenters. The van der Waals surface area contributed by atoms with Crippen molar-refractivity contribution in [1.29, 1.82) is 0 Å². The Kier molecular flexibility index (Phi) is 23.4. The minimum absolute atomic E-state index is 0.275. The van der Waals surface area contributed by atoms with Gasteiger partial charge in [-0.05, 0) is 0 Å². The maximum atomic E-state index is 7.50. The van der Waals surface area contributed by atoms with Crippen LogP contribution in [0.2, 0.25) is 0 Å². The molecule has 30 heavy (non-hydrogen) atoms. The van der Waals surface area contributed by atoms with Crippen molar-refractivity contribution in [1.82, 2.24) is 0 Å². The minimum atomic E-state index is 0.275. The summed E-state index contributed by atoms with van der Waals surface area (Å²) in [5, 5.41) is 0. The van der Waals surface area contributed by atoms with Crippen LogP contribution < -0.4 is 0 Å². The van der Waals surface area contributed by atoms with E-state index in [0.29, 0.717) is 5.92 Å². The molecule has 1 aliphatic heterocycles. The van der Waals surface area contributed by atoms with Gasteiger partial charge in [0.25, 0.3) is 0 Å². The number of methoxy groups -OCH3 is 1. The van der Waals surface area contributed by atoms with E-state index in [9.17, 15) is 0 Å². The van der Waals surface area contributed by atoms with Gasteiger partial charge in [-0.25, -0.2) is 0 Å². The van der Waals surface area contributed by atoms with Gasteiger partial charge in [-0.15, -0.1) is 0 Å². The van der Waals surface area contributed by atoms with Gasteiger partial charge in [-0.3, -0.25) is 0 Å². The van der Waals surface area contributed by atoms with Gasteiger partial charge >= 0.3 is 187 Å². The molecule has 0 aromatic heterocycles. The fraction of sp³-hybridized carbons (Fsp3) is 0.273. The molecule has 1 saturated heterocycles. The molecule has 1 aromatic rings. The van der Waals surface area contributed by atoms with Gasteiger partial charge in [0.2, 0.25) is 0 Å². The van der Waals surface area contributed by atoms with Crippen molar-refractivity contribution < 1.29 is 52.1 Å². The Morgan fingerprint density at radius 1 is 0.967 bits per heavy atom. The molecule has 0 spiro atoms. The molecule has 1 fully saturated rings. The molecule has 0 N–H and O–H groups in total. The van der Waals surface area contributed by atoms with Crippen LogP contribution in [-0.4, -0.2) is 23.9 Å². The van der Waals surface area contributed by atoms with Gasteiger partial charge in [0.1, 0.15) is 0 Å². The summed E-state index contributed by atoms with van der Waals surface area (Å²) in [5.74, 6) is 0.564. The predicted octanol–water partition coefficient (Wildman–Crippen LogP) is 2.94. The predicted molar refractivity (Wildman–Crippen MR) is 96.6 cm³/mol. The first-order chi connectivity index (χ1) is 14.7. The zero-order valence-corrected chi connectivity index (χ0v) is 19.2. The number of fused-ring (bicyclic) bond motifs is 1. The standard InChI is InChI=1S/C17H18O2.5CO.W/c1-12(10-13-6-4-3-5-7-13)16-14-8-9-19-17(14)15(16)11-18-2;5*1-2;/h3-7,10,14,17H,8-9H2,1-2H3;;;;;;/b12-10+;;;;;;. The van der Waals surface area contributed by atoms with E-state index in [4.69, 9.17) is 32.7 Å². The number of rotatable bonds is 4. The first-order valence-corrected chi connectivity index (χ1v) is 9.39. The Balaban J connectivity index is -0.000000642. The second-order valence-electron chi connectivity index (χ2n) is 5.24. The monoisotopic (exact) mass is 578 g/mol. The number of hydrogen-bond acceptors (Lipinski definition) is 2. The average molecular weight is 578 g/mol. The van der Waals surface area contributed by atoms with Crippen LogP contribution in [0.5, 0.6) is 0 Å². The van der Waals surface area contributed by atoms with E-state index in [1.54, 1.807) is 7.11 Å². The number of benzene rings is 1. The number of allylic oxidation sites excluding steroid dienone is 1. The summed E-state index contributed by atoms with van der Waals surface area (Å²) in [7, 11) is 1.76. The van der Waals surface area contributed by atoms with Gasteiger partial charge < -0.3 is 0 Å². The summed E-state index contributed by atoms with van der Waals surface area (Å²) >= 11 is 1.37. The van der Waals surface area contributed by atoms with Crippen LogP contribution in [0, 0.1) is 39.2 Å². The molecular formula is C22H18O7W. The molecule has 8 heteroatoms. The molecule has 0 saturated carbocycles. The zero-order chi connectivity index (χ0) is 24.1. The molecule has 0 amide bonds. The van der Waals surface area contributed by atoms with Crippen LogP contribution in [0.15, 0.2) is 47.1 Å². The Bertz CT molecular complexity index is 763. The molecule has 1 aromatic carbocycles. The summed E-state index contributed by atoms with van der Waals surface area (Å²) in [5.41, 5.74) is 5.34. The molecule has 2 atom stereocenters. The van der Waals surface area contributed by atoms with Gasteiger partial charge in [0.05, 0.1) is 0 Å². The Morgan fingerprint density at radius 3 is 1.93 bits per heavy atom. The molecule has 3 rings (SSSR count). The second-order valence-corrected chi connectivity index (χ2v) is 6.58. The van der Waals surface area contributed by atoms with Crippen LogP contribution in [-0.2, 0) is 52.1 Å². The van der Waals surface area contributed by atoms with E-state index >= 15 is 0 Å². The topological polar surface area (TPSA) is 118 Å². The van der Waals surface area contributed by atoms with E-state index in [1.807, 2.05) is 6.07 Å². The molecule has 154 valence electrons. The molecule has 1 heterocycles.